The smallest absolute Gasteiger partial charge is 0.232 e. The first-order valence-corrected chi connectivity index (χ1v) is 10.7. The SMILES string of the molecule is O=C(C[S@@](=O)Cc1csc(C2CCCC2)n1)NC1CCCC1. The van der Waals surface area contributed by atoms with Gasteiger partial charge in [0.25, 0.3) is 0 Å². The number of nitrogens with zero attached hydrogens (tertiary/aromatic N) is 1. The molecule has 2 aliphatic rings. The number of hydrogen-bond acceptors (Lipinski definition) is 4. The van der Waals surface area contributed by atoms with E-state index in [1.54, 1.807) is 11.3 Å². The predicted molar refractivity (Wildman–Crippen MR) is 90.4 cm³/mol. The van der Waals surface area contributed by atoms with Crippen molar-refractivity contribution in [3.63, 3.8) is 0 Å². The highest BCUT2D eigenvalue weighted by atomic mass is 32.2. The molecule has 1 aromatic rings. The number of aromatic nitrogens is 1. The van der Waals surface area contributed by atoms with Crippen molar-refractivity contribution in [1.29, 1.82) is 0 Å². The molecule has 3 rings (SSSR count). The van der Waals surface area contributed by atoms with Crippen molar-refractivity contribution in [1.82, 2.24) is 10.3 Å². The molecule has 2 fully saturated rings. The maximum atomic E-state index is 12.1. The second-order valence-electron chi connectivity index (χ2n) is 6.44. The third kappa shape index (κ3) is 4.38. The van der Waals surface area contributed by atoms with E-state index in [1.165, 1.54) is 43.5 Å². The minimum atomic E-state index is -1.16. The number of hydrogen-bond donors (Lipinski definition) is 1. The van der Waals surface area contributed by atoms with Crippen molar-refractivity contribution in [3.8, 4) is 0 Å². The highest BCUT2D eigenvalue weighted by molar-refractivity contribution is 7.84. The Hall–Kier alpha value is -0.750. The molecule has 22 heavy (non-hydrogen) atoms. The molecule has 0 bridgehead atoms. The van der Waals surface area contributed by atoms with Gasteiger partial charge >= 0.3 is 0 Å². The van der Waals surface area contributed by atoms with Crippen LogP contribution in [0.15, 0.2) is 5.38 Å². The van der Waals surface area contributed by atoms with Gasteiger partial charge in [-0.1, -0.05) is 25.7 Å². The lowest BCUT2D eigenvalue weighted by molar-refractivity contribution is -0.119. The molecule has 0 aromatic carbocycles. The number of rotatable bonds is 6. The molecule has 1 heterocycles. The van der Waals surface area contributed by atoms with Crippen LogP contribution in [0.4, 0.5) is 0 Å². The van der Waals surface area contributed by atoms with Crippen LogP contribution in [0.5, 0.6) is 0 Å². The molecule has 0 unspecified atom stereocenters. The molecule has 1 atom stereocenters. The molecule has 0 radical (unpaired) electrons. The van der Waals surface area contributed by atoms with Crippen LogP contribution in [-0.2, 0) is 21.3 Å². The van der Waals surface area contributed by atoms with Crippen molar-refractivity contribution < 1.29 is 9.00 Å². The zero-order valence-corrected chi connectivity index (χ0v) is 14.5. The second-order valence-corrected chi connectivity index (χ2v) is 8.78. The topological polar surface area (TPSA) is 59.1 Å². The Morgan fingerprint density at radius 1 is 1.23 bits per heavy atom. The lowest BCUT2D eigenvalue weighted by atomic mass is 10.1. The lowest BCUT2D eigenvalue weighted by Crippen LogP contribution is -2.35. The summed E-state index contributed by atoms with van der Waals surface area (Å²) in [6.07, 6.45) is 9.58. The van der Waals surface area contributed by atoms with Crippen molar-refractivity contribution >= 4 is 28.0 Å². The molecule has 6 heteroatoms. The summed E-state index contributed by atoms with van der Waals surface area (Å²) >= 11 is 1.69. The van der Waals surface area contributed by atoms with Gasteiger partial charge in [0, 0.05) is 28.1 Å². The largest absolute Gasteiger partial charge is 0.353 e. The normalized spacial score (nSPS) is 21.3. The van der Waals surface area contributed by atoms with Gasteiger partial charge in [0.1, 0.15) is 5.75 Å². The van der Waals surface area contributed by atoms with Crippen molar-refractivity contribution in [2.24, 2.45) is 0 Å². The Bertz CT molecular complexity index is 532. The van der Waals surface area contributed by atoms with E-state index in [-0.39, 0.29) is 11.7 Å². The van der Waals surface area contributed by atoms with E-state index in [0.29, 0.717) is 17.7 Å². The fourth-order valence-electron chi connectivity index (χ4n) is 3.45. The predicted octanol–water partition coefficient (Wildman–Crippen LogP) is 3.11. The minimum Gasteiger partial charge on any atom is -0.353 e. The quantitative estimate of drug-likeness (QED) is 0.865. The van der Waals surface area contributed by atoms with Gasteiger partial charge in [-0.25, -0.2) is 4.98 Å². The van der Waals surface area contributed by atoms with Crippen LogP contribution < -0.4 is 5.32 Å². The summed E-state index contributed by atoms with van der Waals surface area (Å²) in [5.41, 5.74) is 0.888. The number of thiazole rings is 1. The maximum absolute atomic E-state index is 12.1. The highest BCUT2D eigenvalue weighted by Gasteiger charge is 2.21. The number of nitrogens with one attached hydrogen (secondary N) is 1. The van der Waals surface area contributed by atoms with Crippen molar-refractivity contribution in [3.05, 3.63) is 16.1 Å². The van der Waals surface area contributed by atoms with E-state index in [4.69, 9.17) is 0 Å². The summed E-state index contributed by atoms with van der Waals surface area (Å²) in [7, 11) is -1.16. The average molecular weight is 341 g/mol. The van der Waals surface area contributed by atoms with E-state index in [1.807, 2.05) is 5.38 Å². The van der Waals surface area contributed by atoms with Crippen LogP contribution in [-0.4, -0.2) is 26.9 Å². The van der Waals surface area contributed by atoms with E-state index >= 15 is 0 Å². The molecule has 4 nitrogen and oxygen atoms in total. The Labute approximate surface area is 138 Å². The third-order valence-electron chi connectivity index (χ3n) is 4.60. The van der Waals surface area contributed by atoms with Gasteiger partial charge in [0.15, 0.2) is 0 Å². The van der Waals surface area contributed by atoms with Crippen LogP contribution >= 0.6 is 11.3 Å². The van der Waals surface area contributed by atoms with E-state index in [9.17, 15) is 9.00 Å². The molecule has 122 valence electrons. The average Bonchev–Trinajstić information content (AvgIpc) is 3.19. The zero-order valence-electron chi connectivity index (χ0n) is 12.9. The van der Waals surface area contributed by atoms with Gasteiger partial charge in [-0.3, -0.25) is 9.00 Å². The Morgan fingerprint density at radius 2 is 1.91 bits per heavy atom. The molecule has 0 saturated heterocycles. The van der Waals surface area contributed by atoms with Crippen molar-refractivity contribution in [2.45, 2.75) is 69.1 Å². The summed E-state index contributed by atoms with van der Waals surface area (Å²) in [5.74, 6) is 1.04. The number of carbonyl (C=O) groups is 1. The fourth-order valence-corrected chi connectivity index (χ4v) is 5.50. The monoisotopic (exact) mass is 340 g/mol. The summed E-state index contributed by atoms with van der Waals surface area (Å²) in [6, 6.07) is 0.303. The van der Waals surface area contributed by atoms with Crippen LogP contribution in [0, 0.1) is 0 Å². The molecular weight excluding hydrogens is 316 g/mol. The summed E-state index contributed by atoms with van der Waals surface area (Å²) in [4.78, 5) is 16.5. The molecule has 0 spiro atoms. The second kappa shape index (κ2) is 7.68. The first-order valence-electron chi connectivity index (χ1n) is 8.29. The molecule has 1 amide bonds. The number of amides is 1. The van der Waals surface area contributed by atoms with Crippen LogP contribution in [0.25, 0.3) is 0 Å². The summed E-state index contributed by atoms with van der Waals surface area (Å²) < 4.78 is 12.1. The minimum absolute atomic E-state index is 0.0727. The van der Waals surface area contributed by atoms with Crippen LogP contribution in [0.3, 0.4) is 0 Å². The van der Waals surface area contributed by atoms with E-state index in [2.05, 4.69) is 10.3 Å². The summed E-state index contributed by atoms with van der Waals surface area (Å²) in [5, 5.41) is 6.20. The van der Waals surface area contributed by atoms with E-state index in [0.717, 1.165) is 18.5 Å². The standard InChI is InChI=1S/C16H24N2O2S2/c19-15(17-13-7-3-4-8-13)11-22(20)10-14-9-21-16(18-14)12-5-1-2-6-12/h9,12-13H,1-8,10-11H2,(H,17,19)/t22-/m0/s1. The van der Waals surface area contributed by atoms with Gasteiger partial charge in [-0.2, -0.15) is 0 Å². The molecule has 2 aliphatic carbocycles. The first-order chi connectivity index (χ1) is 10.7. The molecule has 1 aromatic heterocycles. The highest BCUT2D eigenvalue weighted by Crippen LogP contribution is 2.35. The van der Waals surface area contributed by atoms with Crippen LogP contribution in [0.1, 0.15) is 68.0 Å². The Morgan fingerprint density at radius 3 is 2.64 bits per heavy atom. The Kier molecular flexibility index (Phi) is 5.63. The van der Waals surface area contributed by atoms with Crippen LogP contribution in [0.2, 0.25) is 0 Å². The van der Waals surface area contributed by atoms with Crippen molar-refractivity contribution in [2.75, 3.05) is 5.75 Å². The molecular formula is C16H24N2O2S2. The summed E-state index contributed by atoms with van der Waals surface area (Å²) in [6.45, 7) is 0. The first kappa shape index (κ1) is 16.1. The van der Waals surface area contributed by atoms with Gasteiger partial charge in [-0.05, 0) is 25.7 Å². The fraction of sp³-hybridized carbons (Fsp3) is 0.750. The van der Waals surface area contributed by atoms with Gasteiger partial charge in [0.05, 0.1) is 16.5 Å². The lowest BCUT2D eigenvalue weighted by Gasteiger charge is -2.11. The third-order valence-corrected chi connectivity index (χ3v) is 6.85. The molecule has 2 saturated carbocycles. The zero-order chi connectivity index (χ0) is 15.4. The Balaban J connectivity index is 1.45. The van der Waals surface area contributed by atoms with E-state index < -0.39 is 10.8 Å². The molecule has 0 aliphatic heterocycles. The number of carbonyl (C=O) groups excluding carboxylic acids is 1. The van der Waals surface area contributed by atoms with Gasteiger partial charge in [0.2, 0.25) is 5.91 Å². The van der Waals surface area contributed by atoms with Gasteiger partial charge < -0.3 is 5.32 Å². The van der Waals surface area contributed by atoms with Gasteiger partial charge in [-0.15, -0.1) is 11.3 Å². The molecule has 1 N–H and O–H groups in total. The maximum Gasteiger partial charge on any atom is 0.232 e.